The van der Waals surface area contributed by atoms with Crippen molar-refractivity contribution >= 4 is 35.2 Å². The third-order valence-electron chi connectivity index (χ3n) is 1.77. The van der Waals surface area contributed by atoms with E-state index in [2.05, 4.69) is 20.3 Å². The SMILES string of the molecule is CCC1=NC2C(=S)N=CN=C2N1. The summed E-state index contributed by atoms with van der Waals surface area (Å²) < 4.78 is 0. The predicted molar refractivity (Wildman–Crippen MR) is 53.2 cm³/mol. The summed E-state index contributed by atoms with van der Waals surface area (Å²) in [6, 6.07) is -0.125. The zero-order chi connectivity index (χ0) is 8.55. The number of aliphatic imine (C=N–C) groups is 3. The fourth-order valence-corrected chi connectivity index (χ4v) is 1.35. The van der Waals surface area contributed by atoms with E-state index in [4.69, 9.17) is 12.2 Å². The highest BCUT2D eigenvalue weighted by Gasteiger charge is 2.28. The Hall–Kier alpha value is -1.10. The fraction of sp³-hybridized carbons (Fsp3) is 0.429. The third-order valence-corrected chi connectivity index (χ3v) is 2.10. The summed E-state index contributed by atoms with van der Waals surface area (Å²) in [5.41, 5.74) is 0. The van der Waals surface area contributed by atoms with Crippen molar-refractivity contribution in [2.75, 3.05) is 0 Å². The lowest BCUT2D eigenvalue weighted by Gasteiger charge is -2.08. The van der Waals surface area contributed by atoms with Gasteiger partial charge in [0.25, 0.3) is 0 Å². The molecule has 1 atom stereocenters. The first-order valence-corrected chi connectivity index (χ1v) is 4.20. The van der Waals surface area contributed by atoms with E-state index in [9.17, 15) is 0 Å². The topological polar surface area (TPSA) is 49.1 Å². The second-order valence-electron chi connectivity index (χ2n) is 2.55. The highest BCUT2D eigenvalue weighted by atomic mass is 32.1. The van der Waals surface area contributed by atoms with Crippen LogP contribution in [0.5, 0.6) is 0 Å². The molecule has 0 aromatic heterocycles. The maximum atomic E-state index is 5.02. The van der Waals surface area contributed by atoms with Gasteiger partial charge in [0, 0.05) is 6.42 Å². The van der Waals surface area contributed by atoms with Crippen molar-refractivity contribution in [2.45, 2.75) is 19.4 Å². The molecule has 0 fully saturated rings. The Kier molecular flexibility index (Phi) is 1.73. The van der Waals surface area contributed by atoms with E-state index in [0.29, 0.717) is 4.99 Å². The summed E-state index contributed by atoms with van der Waals surface area (Å²) in [5, 5.41) is 3.09. The van der Waals surface area contributed by atoms with Gasteiger partial charge in [0.2, 0.25) is 0 Å². The zero-order valence-corrected chi connectivity index (χ0v) is 7.43. The second-order valence-corrected chi connectivity index (χ2v) is 2.97. The Balaban J connectivity index is 2.30. The first kappa shape index (κ1) is 7.54. The molecule has 5 heteroatoms. The maximum absolute atomic E-state index is 5.02. The van der Waals surface area contributed by atoms with Gasteiger partial charge in [-0.15, -0.1) is 0 Å². The van der Waals surface area contributed by atoms with Gasteiger partial charge in [-0.1, -0.05) is 19.1 Å². The molecule has 4 nitrogen and oxygen atoms in total. The number of amidine groups is 2. The van der Waals surface area contributed by atoms with E-state index < -0.39 is 0 Å². The average Bonchev–Trinajstić information content (AvgIpc) is 2.49. The Morgan fingerprint density at radius 3 is 3.17 bits per heavy atom. The number of rotatable bonds is 1. The van der Waals surface area contributed by atoms with E-state index in [1.807, 2.05) is 6.92 Å². The molecule has 0 bridgehead atoms. The largest absolute Gasteiger partial charge is 0.330 e. The lowest BCUT2D eigenvalue weighted by atomic mass is 10.3. The van der Waals surface area contributed by atoms with Crippen LogP contribution in [0.2, 0.25) is 0 Å². The molecule has 2 aliphatic heterocycles. The molecule has 2 rings (SSSR count). The molecule has 2 aliphatic rings. The van der Waals surface area contributed by atoms with Crippen molar-refractivity contribution in [1.82, 2.24) is 5.32 Å². The summed E-state index contributed by atoms with van der Waals surface area (Å²) in [7, 11) is 0. The Bertz CT molecular complexity index is 315. The van der Waals surface area contributed by atoms with Gasteiger partial charge in [-0.2, -0.15) is 0 Å². The minimum atomic E-state index is -0.125. The zero-order valence-electron chi connectivity index (χ0n) is 6.61. The first-order valence-electron chi connectivity index (χ1n) is 3.79. The van der Waals surface area contributed by atoms with Gasteiger partial charge < -0.3 is 5.32 Å². The van der Waals surface area contributed by atoms with Crippen LogP contribution >= 0.6 is 12.2 Å². The lowest BCUT2D eigenvalue weighted by molar-refractivity contribution is 1.14. The summed E-state index contributed by atoms with van der Waals surface area (Å²) >= 11 is 5.02. The average molecular weight is 180 g/mol. The van der Waals surface area contributed by atoms with Crippen LogP contribution in [0.15, 0.2) is 15.0 Å². The van der Waals surface area contributed by atoms with Gasteiger partial charge in [0.15, 0.2) is 6.04 Å². The molecule has 0 saturated heterocycles. The normalized spacial score (nSPS) is 26.1. The number of nitrogens with zero attached hydrogens (tertiary/aromatic N) is 3. The van der Waals surface area contributed by atoms with Crippen LogP contribution in [0.1, 0.15) is 13.3 Å². The van der Waals surface area contributed by atoms with Crippen molar-refractivity contribution in [3.05, 3.63) is 0 Å². The smallest absolute Gasteiger partial charge is 0.162 e. The summed E-state index contributed by atoms with van der Waals surface area (Å²) in [5.74, 6) is 1.75. The van der Waals surface area contributed by atoms with Crippen LogP contribution in [-0.4, -0.2) is 29.0 Å². The van der Waals surface area contributed by atoms with E-state index >= 15 is 0 Å². The van der Waals surface area contributed by atoms with E-state index in [0.717, 1.165) is 18.1 Å². The first-order chi connectivity index (χ1) is 5.81. The molecular weight excluding hydrogens is 172 g/mol. The van der Waals surface area contributed by atoms with Crippen LogP contribution in [0, 0.1) is 0 Å². The monoisotopic (exact) mass is 180 g/mol. The van der Waals surface area contributed by atoms with Crippen molar-refractivity contribution < 1.29 is 0 Å². The van der Waals surface area contributed by atoms with Crippen LogP contribution < -0.4 is 5.32 Å². The molecule has 2 heterocycles. The van der Waals surface area contributed by atoms with E-state index in [-0.39, 0.29) is 6.04 Å². The molecule has 0 radical (unpaired) electrons. The molecule has 0 aromatic rings. The molecule has 1 unspecified atom stereocenters. The quantitative estimate of drug-likeness (QED) is 0.598. The second kappa shape index (κ2) is 2.75. The highest BCUT2D eigenvalue weighted by Crippen LogP contribution is 2.09. The molecule has 62 valence electrons. The summed E-state index contributed by atoms with van der Waals surface area (Å²) in [6.07, 6.45) is 2.34. The van der Waals surface area contributed by atoms with Crippen LogP contribution in [0.25, 0.3) is 0 Å². The van der Waals surface area contributed by atoms with Gasteiger partial charge in [0.05, 0.1) is 0 Å². The number of thiocarbonyl (C=S) groups is 1. The summed E-state index contributed by atoms with van der Waals surface area (Å²) in [6.45, 7) is 2.04. The molecule has 12 heavy (non-hydrogen) atoms. The standard InChI is InChI=1S/C7H8N4S/c1-2-4-10-5-6(11-4)8-3-9-7(5)12/h3,5H,2H2,1H3,(H,8,9,10,11,12). The number of hydrogen-bond acceptors (Lipinski definition) is 4. The molecule has 0 saturated carbocycles. The van der Waals surface area contributed by atoms with Crippen LogP contribution in [-0.2, 0) is 0 Å². The molecule has 0 spiro atoms. The molecule has 0 amide bonds. The van der Waals surface area contributed by atoms with Crippen molar-refractivity contribution in [1.29, 1.82) is 0 Å². The molecule has 0 aliphatic carbocycles. The highest BCUT2D eigenvalue weighted by molar-refractivity contribution is 7.80. The van der Waals surface area contributed by atoms with E-state index in [1.54, 1.807) is 0 Å². The Morgan fingerprint density at radius 1 is 1.67 bits per heavy atom. The van der Waals surface area contributed by atoms with Crippen molar-refractivity contribution in [2.24, 2.45) is 15.0 Å². The lowest BCUT2D eigenvalue weighted by Crippen LogP contribution is -2.34. The summed E-state index contributed by atoms with van der Waals surface area (Å²) in [4.78, 5) is 12.9. The van der Waals surface area contributed by atoms with Gasteiger partial charge in [-0.05, 0) is 0 Å². The molecule has 1 N–H and O–H groups in total. The Morgan fingerprint density at radius 2 is 2.50 bits per heavy atom. The number of nitrogens with one attached hydrogen (secondary N) is 1. The number of fused-ring (bicyclic) bond motifs is 1. The predicted octanol–water partition coefficient (Wildman–Crippen LogP) is 0.534. The van der Waals surface area contributed by atoms with E-state index in [1.165, 1.54) is 6.34 Å². The van der Waals surface area contributed by atoms with Gasteiger partial charge in [0.1, 0.15) is 23.0 Å². The fourth-order valence-electron chi connectivity index (χ4n) is 1.14. The van der Waals surface area contributed by atoms with Crippen molar-refractivity contribution in [3.8, 4) is 0 Å². The Labute approximate surface area is 75.5 Å². The minimum Gasteiger partial charge on any atom is -0.330 e. The van der Waals surface area contributed by atoms with Gasteiger partial charge in [-0.25, -0.2) is 9.98 Å². The van der Waals surface area contributed by atoms with Gasteiger partial charge >= 0.3 is 0 Å². The molecular formula is C7H8N4S. The third kappa shape index (κ3) is 1.06. The van der Waals surface area contributed by atoms with Gasteiger partial charge in [-0.3, -0.25) is 4.99 Å². The minimum absolute atomic E-state index is 0.125. The van der Waals surface area contributed by atoms with Crippen LogP contribution in [0.3, 0.4) is 0 Å². The maximum Gasteiger partial charge on any atom is 0.162 e. The molecule has 0 aromatic carbocycles. The van der Waals surface area contributed by atoms with Crippen molar-refractivity contribution in [3.63, 3.8) is 0 Å². The van der Waals surface area contributed by atoms with Crippen LogP contribution in [0.4, 0.5) is 0 Å². The number of hydrogen-bond donors (Lipinski definition) is 1.